The third kappa shape index (κ3) is 5.25. The number of methoxy groups -OCH3 is 1. The molecule has 3 N–H and O–H groups in total. The number of ether oxygens (including phenoxy) is 2. The predicted molar refractivity (Wildman–Crippen MR) is 90.4 cm³/mol. The summed E-state index contributed by atoms with van der Waals surface area (Å²) in [6, 6.07) is 5.98. The average Bonchev–Trinajstić information content (AvgIpc) is 2.43. The van der Waals surface area contributed by atoms with Gasteiger partial charge in [0.25, 0.3) is 0 Å². The highest BCUT2D eigenvalue weighted by Crippen LogP contribution is 2.29. The van der Waals surface area contributed by atoms with Crippen LogP contribution in [0.3, 0.4) is 0 Å². The van der Waals surface area contributed by atoms with Crippen molar-refractivity contribution in [2.24, 2.45) is 11.3 Å². The van der Waals surface area contributed by atoms with Gasteiger partial charge >= 0.3 is 0 Å². The molecular weight excluding hydrogens is 332 g/mol. The first-order chi connectivity index (χ1) is 9.83. The maximum atomic E-state index is 5.94. The second-order valence-corrected chi connectivity index (χ2v) is 7.03. The van der Waals surface area contributed by atoms with Crippen LogP contribution >= 0.6 is 15.9 Å². The van der Waals surface area contributed by atoms with Crippen molar-refractivity contribution in [3.05, 3.63) is 28.2 Å². The van der Waals surface area contributed by atoms with Gasteiger partial charge in [-0.15, -0.1) is 0 Å². The molecule has 4 nitrogen and oxygen atoms in total. The monoisotopic (exact) mass is 358 g/mol. The van der Waals surface area contributed by atoms with Crippen molar-refractivity contribution in [1.82, 2.24) is 5.43 Å². The lowest BCUT2D eigenvalue weighted by molar-refractivity contribution is -0.0356. The Labute approximate surface area is 136 Å². The average molecular weight is 359 g/mol. The molecule has 1 aromatic rings. The number of halogens is 1. The summed E-state index contributed by atoms with van der Waals surface area (Å²) in [6.45, 7) is 9.17. The van der Waals surface area contributed by atoms with Crippen LogP contribution in [0, 0.1) is 5.41 Å². The lowest BCUT2D eigenvalue weighted by Gasteiger charge is -2.36. The second-order valence-electron chi connectivity index (χ2n) is 6.18. The van der Waals surface area contributed by atoms with E-state index in [0.717, 1.165) is 22.2 Å². The topological polar surface area (TPSA) is 56.5 Å². The summed E-state index contributed by atoms with van der Waals surface area (Å²) >= 11 is 3.59. The number of nitrogens with one attached hydrogen (secondary N) is 1. The summed E-state index contributed by atoms with van der Waals surface area (Å²) in [6.07, 6.45) is 0.779. The Kier molecular flexibility index (Phi) is 7.13. The molecule has 0 spiro atoms. The summed E-state index contributed by atoms with van der Waals surface area (Å²) in [5, 5.41) is 0. The molecule has 2 unspecified atom stereocenters. The molecule has 1 rings (SSSR count). The van der Waals surface area contributed by atoms with Gasteiger partial charge in [0, 0.05) is 11.1 Å². The van der Waals surface area contributed by atoms with Crippen LogP contribution in [-0.2, 0) is 11.2 Å². The Balaban J connectivity index is 3.00. The summed E-state index contributed by atoms with van der Waals surface area (Å²) in [7, 11) is 1.67. The van der Waals surface area contributed by atoms with E-state index in [9.17, 15) is 0 Å². The zero-order chi connectivity index (χ0) is 16.0. The summed E-state index contributed by atoms with van der Waals surface area (Å²) in [5.74, 6) is 6.63. The van der Waals surface area contributed by atoms with Gasteiger partial charge in [-0.2, -0.15) is 0 Å². The van der Waals surface area contributed by atoms with Gasteiger partial charge in [-0.3, -0.25) is 11.3 Å². The minimum Gasteiger partial charge on any atom is -0.497 e. The van der Waals surface area contributed by atoms with Gasteiger partial charge in [0.05, 0.1) is 19.3 Å². The van der Waals surface area contributed by atoms with E-state index in [2.05, 4.69) is 42.1 Å². The van der Waals surface area contributed by atoms with Crippen LogP contribution in [0.1, 0.15) is 33.3 Å². The van der Waals surface area contributed by atoms with Crippen molar-refractivity contribution >= 4 is 15.9 Å². The normalized spacial score (nSPS) is 14.8. The third-order valence-electron chi connectivity index (χ3n) is 3.47. The van der Waals surface area contributed by atoms with Crippen molar-refractivity contribution in [2.45, 2.75) is 46.3 Å². The van der Waals surface area contributed by atoms with Crippen molar-refractivity contribution in [3.63, 3.8) is 0 Å². The first kappa shape index (κ1) is 18.4. The first-order valence-corrected chi connectivity index (χ1v) is 8.03. The molecule has 21 heavy (non-hydrogen) atoms. The Hall–Kier alpha value is -0.620. The number of hydrogen-bond donors (Lipinski definition) is 2. The largest absolute Gasteiger partial charge is 0.497 e. The van der Waals surface area contributed by atoms with E-state index in [1.54, 1.807) is 7.11 Å². The Morgan fingerprint density at radius 2 is 2.00 bits per heavy atom. The molecule has 1 aromatic carbocycles. The minimum atomic E-state index is -0.00160. The number of benzene rings is 1. The maximum absolute atomic E-state index is 5.94. The number of nitrogens with two attached hydrogens (primary N) is 1. The molecule has 0 fully saturated rings. The Morgan fingerprint density at radius 3 is 2.48 bits per heavy atom. The fourth-order valence-corrected chi connectivity index (χ4v) is 2.88. The van der Waals surface area contributed by atoms with Crippen LogP contribution in [0.2, 0.25) is 0 Å². The smallest absolute Gasteiger partial charge is 0.119 e. The van der Waals surface area contributed by atoms with Gasteiger partial charge in [-0.05, 0) is 42.5 Å². The zero-order valence-corrected chi connectivity index (χ0v) is 15.2. The van der Waals surface area contributed by atoms with E-state index in [4.69, 9.17) is 15.3 Å². The van der Waals surface area contributed by atoms with Crippen LogP contribution in [-0.4, -0.2) is 25.9 Å². The molecule has 0 aromatic heterocycles. The minimum absolute atomic E-state index is 0.00160. The van der Waals surface area contributed by atoms with Crippen LogP contribution in [0.5, 0.6) is 5.75 Å². The van der Waals surface area contributed by atoms with Crippen LogP contribution in [0.15, 0.2) is 22.7 Å². The third-order valence-corrected chi connectivity index (χ3v) is 4.25. The van der Waals surface area contributed by atoms with E-state index >= 15 is 0 Å². The predicted octanol–water partition coefficient (Wildman–Crippen LogP) is 3.28. The Bertz CT molecular complexity index is 446. The number of rotatable bonds is 7. The molecule has 0 radical (unpaired) electrons. The molecule has 0 saturated carbocycles. The van der Waals surface area contributed by atoms with Gasteiger partial charge in [-0.1, -0.05) is 36.7 Å². The molecule has 2 atom stereocenters. The molecule has 120 valence electrons. The standard InChI is InChI=1S/C16H27BrN2O2/c1-6-21-15(16(2,3)4)14(19-18)10-11-9-12(20-5)7-8-13(11)17/h7-9,14-15,19H,6,10,18H2,1-5H3. The van der Waals surface area contributed by atoms with Crippen molar-refractivity contribution in [3.8, 4) is 5.75 Å². The zero-order valence-electron chi connectivity index (χ0n) is 13.6. The number of hydrogen-bond acceptors (Lipinski definition) is 4. The van der Waals surface area contributed by atoms with Crippen LogP contribution < -0.4 is 16.0 Å². The summed E-state index contributed by atoms with van der Waals surface area (Å²) < 4.78 is 12.3. The van der Waals surface area contributed by atoms with Crippen LogP contribution in [0.25, 0.3) is 0 Å². The first-order valence-electron chi connectivity index (χ1n) is 7.23. The van der Waals surface area contributed by atoms with E-state index in [1.807, 2.05) is 25.1 Å². The van der Waals surface area contributed by atoms with Gasteiger partial charge in [0.2, 0.25) is 0 Å². The van der Waals surface area contributed by atoms with Crippen molar-refractivity contribution < 1.29 is 9.47 Å². The van der Waals surface area contributed by atoms with Gasteiger partial charge in [-0.25, -0.2) is 0 Å². The van der Waals surface area contributed by atoms with Crippen molar-refractivity contribution in [1.29, 1.82) is 0 Å². The molecule has 0 heterocycles. The lowest BCUT2D eigenvalue weighted by Crippen LogP contribution is -2.52. The van der Waals surface area contributed by atoms with E-state index in [-0.39, 0.29) is 17.6 Å². The quantitative estimate of drug-likeness (QED) is 0.580. The van der Waals surface area contributed by atoms with Gasteiger partial charge < -0.3 is 9.47 Å². The van der Waals surface area contributed by atoms with E-state index in [1.165, 1.54) is 0 Å². The van der Waals surface area contributed by atoms with E-state index in [0.29, 0.717) is 6.61 Å². The molecule has 0 aliphatic carbocycles. The lowest BCUT2D eigenvalue weighted by atomic mass is 9.82. The molecule has 0 amide bonds. The van der Waals surface area contributed by atoms with Crippen LogP contribution in [0.4, 0.5) is 0 Å². The van der Waals surface area contributed by atoms with Crippen molar-refractivity contribution in [2.75, 3.05) is 13.7 Å². The summed E-state index contributed by atoms with van der Waals surface area (Å²) in [5.41, 5.74) is 4.06. The second kappa shape index (κ2) is 8.13. The maximum Gasteiger partial charge on any atom is 0.119 e. The molecule has 0 aliphatic heterocycles. The SMILES string of the molecule is CCOC(C(Cc1cc(OC)ccc1Br)NN)C(C)(C)C. The van der Waals surface area contributed by atoms with E-state index < -0.39 is 0 Å². The fraction of sp³-hybridized carbons (Fsp3) is 0.625. The summed E-state index contributed by atoms with van der Waals surface area (Å²) in [4.78, 5) is 0. The van der Waals surface area contributed by atoms with Gasteiger partial charge in [0.1, 0.15) is 5.75 Å². The highest BCUT2D eigenvalue weighted by molar-refractivity contribution is 9.10. The highest BCUT2D eigenvalue weighted by atomic mass is 79.9. The number of hydrazine groups is 1. The molecule has 5 heteroatoms. The molecule has 0 saturated heterocycles. The van der Waals surface area contributed by atoms with Gasteiger partial charge in [0.15, 0.2) is 0 Å². The fourth-order valence-electron chi connectivity index (χ4n) is 2.47. The molecule has 0 bridgehead atoms. The molecule has 0 aliphatic rings. The molecular formula is C16H27BrN2O2. The highest BCUT2D eigenvalue weighted by Gasteiger charge is 2.32. The Morgan fingerprint density at radius 1 is 1.33 bits per heavy atom.